The van der Waals surface area contributed by atoms with Crippen LogP contribution in [0.5, 0.6) is 0 Å². The summed E-state index contributed by atoms with van der Waals surface area (Å²) < 4.78 is 0. The van der Waals surface area contributed by atoms with Crippen LogP contribution in [0.1, 0.15) is 47.2 Å². The number of carbonyl (C=O) groups is 1. The molecule has 7 nitrogen and oxygen atoms in total. The van der Waals surface area contributed by atoms with Crippen molar-refractivity contribution in [2.75, 3.05) is 25.0 Å². The number of fused-ring (bicyclic) bond motifs is 1. The van der Waals surface area contributed by atoms with Crippen molar-refractivity contribution < 1.29 is 4.79 Å². The highest BCUT2D eigenvalue weighted by Gasteiger charge is 2.22. The van der Waals surface area contributed by atoms with Gasteiger partial charge in [0.15, 0.2) is 10.8 Å². The molecule has 2 aromatic heterocycles. The largest absolute Gasteiger partial charge is 0.312 e. The third-order valence-electron chi connectivity index (χ3n) is 4.92. The minimum atomic E-state index is -0.186. The third-order valence-corrected chi connectivity index (χ3v) is 5.73. The molecule has 0 saturated carbocycles. The molecule has 8 heteroatoms. The fourth-order valence-electron chi connectivity index (χ4n) is 3.67. The minimum absolute atomic E-state index is 0.186. The van der Waals surface area contributed by atoms with Crippen LogP contribution in [0.25, 0.3) is 0 Å². The fraction of sp³-hybridized carbons (Fsp3) is 0.588. The van der Waals surface area contributed by atoms with Gasteiger partial charge in [-0.15, -0.1) is 11.3 Å². The highest BCUT2D eigenvalue weighted by molar-refractivity contribution is 7.13. The summed E-state index contributed by atoms with van der Waals surface area (Å²) in [4.78, 5) is 19.6. The van der Waals surface area contributed by atoms with E-state index in [0.29, 0.717) is 17.4 Å². The number of amides is 1. The Labute approximate surface area is 151 Å². The number of aromatic nitrogens is 3. The lowest BCUT2D eigenvalue weighted by Gasteiger charge is -2.30. The van der Waals surface area contributed by atoms with Gasteiger partial charge in [0.25, 0.3) is 5.91 Å². The van der Waals surface area contributed by atoms with Gasteiger partial charge in [-0.05, 0) is 25.3 Å². The second-order valence-corrected chi connectivity index (χ2v) is 7.89. The molecule has 0 bridgehead atoms. The Kier molecular flexibility index (Phi) is 4.82. The van der Waals surface area contributed by atoms with Gasteiger partial charge in [-0.1, -0.05) is 6.92 Å². The number of hydrogen-bond acceptors (Lipinski definition) is 6. The number of carbonyl (C=O) groups excluding carboxylic acids is 1. The van der Waals surface area contributed by atoms with Crippen molar-refractivity contribution in [2.45, 2.75) is 39.3 Å². The molecule has 0 aromatic carbocycles. The predicted molar refractivity (Wildman–Crippen MR) is 97.7 cm³/mol. The lowest BCUT2D eigenvalue weighted by molar-refractivity contribution is 0.102. The first kappa shape index (κ1) is 16.7. The lowest BCUT2D eigenvalue weighted by Crippen LogP contribution is -2.33. The van der Waals surface area contributed by atoms with Crippen LogP contribution in [0, 0.1) is 5.92 Å². The van der Waals surface area contributed by atoms with Gasteiger partial charge >= 0.3 is 0 Å². The number of anilines is 1. The normalized spacial score (nSPS) is 21.1. The van der Waals surface area contributed by atoms with Crippen molar-refractivity contribution in [1.29, 1.82) is 0 Å². The molecule has 2 aromatic rings. The molecule has 1 atom stereocenters. The zero-order valence-corrected chi connectivity index (χ0v) is 15.3. The Hall–Kier alpha value is -1.77. The molecule has 3 N–H and O–H groups in total. The van der Waals surface area contributed by atoms with Crippen LogP contribution in [0.3, 0.4) is 0 Å². The van der Waals surface area contributed by atoms with E-state index in [1.54, 1.807) is 0 Å². The third kappa shape index (κ3) is 3.75. The average Bonchev–Trinajstić information content (AvgIpc) is 3.21. The molecule has 4 heterocycles. The lowest BCUT2D eigenvalue weighted by atomic mass is 10.0. The SMILES string of the molecule is CC1CCCN(Cc2csc(NC(=O)c3n[nH]c4c3CNCC4)n2)C1. The molecule has 2 aliphatic heterocycles. The minimum Gasteiger partial charge on any atom is -0.312 e. The van der Waals surface area contributed by atoms with Crippen molar-refractivity contribution in [3.8, 4) is 0 Å². The van der Waals surface area contributed by atoms with Gasteiger partial charge in [0, 0.05) is 49.2 Å². The molecule has 134 valence electrons. The van der Waals surface area contributed by atoms with Crippen LogP contribution < -0.4 is 10.6 Å². The molecule has 1 fully saturated rings. The highest BCUT2D eigenvalue weighted by Crippen LogP contribution is 2.22. The van der Waals surface area contributed by atoms with E-state index in [4.69, 9.17) is 0 Å². The van der Waals surface area contributed by atoms with Gasteiger partial charge in [0.1, 0.15) is 0 Å². The van der Waals surface area contributed by atoms with E-state index >= 15 is 0 Å². The monoisotopic (exact) mass is 360 g/mol. The van der Waals surface area contributed by atoms with Gasteiger partial charge in [0.05, 0.1) is 5.69 Å². The summed E-state index contributed by atoms with van der Waals surface area (Å²) in [6, 6.07) is 0. The summed E-state index contributed by atoms with van der Waals surface area (Å²) >= 11 is 1.48. The summed E-state index contributed by atoms with van der Waals surface area (Å²) in [6.07, 6.45) is 3.45. The molecular formula is C17H24N6OS. The van der Waals surface area contributed by atoms with Gasteiger partial charge in [-0.2, -0.15) is 5.10 Å². The van der Waals surface area contributed by atoms with Crippen LogP contribution in [-0.4, -0.2) is 45.6 Å². The first-order chi connectivity index (χ1) is 12.2. The van der Waals surface area contributed by atoms with Gasteiger partial charge in [-0.3, -0.25) is 20.1 Å². The summed E-state index contributed by atoms with van der Waals surface area (Å²) in [6.45, 7) is 7.03. The number of likely N-dealkylation sites (tertiary alicyclic amines) is 1. The molecule has 4 rings (SSSR count). The molecular weight excluding hydrogens is 336 g/mol. The van der Waals surface area contributed by atoms with Gasteiger partial charge in [0.2, 0.25) is 0 Å². The Morgan fingerprint density at radius 1 is 1.52 bits per heavy atom. The maximum Gasteiger partial charge on any atom is 0.278 e. The molecule has 25 heavy (non-hydrogen) atoms. The second kappa shape index (κ2) is 7.23. The summed E-state index contributed by atoms with van der Waals surface area (Å²) in [5, 5.41) is 16.0. The second-order valence-electron chi connectivity index (χ2n) is 7.04. The predicted octanol–water partition coefficient (Wildman–Crippen LogP) is 2.00. The number of rotatable bonds is 4. The van der Waals surface area contributed by atoms with E-state index in [1.165, 1.54) is 24.2 Å². The highest BCUT2D eigenvalue weighted by atomic mass is 32.1. The Morgan fingerprint density at radius 3 is 3.32 bits per heavy atom. The Morgan fingerprint density at radius 2 is 2.44 bits per heavy atom. The van der Waals surface area contributed by atoms with Crippen molar-refractivity contribution in [3.63, 3.8) is 0 Å². The molecule has 0 radical (unpaired) electrons. The van der Waals surface area contributed by atoms with E-state index < -0.39 is 0 Å². The van der Waals surface area contributed by atoms with E-state index in [-0.39, 0.29) is 5.91 Å². The maximum atomic E-state index is 12.5. The van der Waals surface area contributed by atoms with Crippen LogP contribution in [-0.2, 0) is 19.5 Å². The van der Waals surface area contributed by atoms with Gasteiger partial charge < -0.3 is 5.32 Å². The number of piperidine rings is 1. The number of H-pyrrole nitrogens is 1. The number of thiazole rings is 1. The summed E-state index contributed by atoms with van der Waals surface area (Å²) in [5.74, 6) is 0.569. The van der Waals surface area contributed by atoms with Crippen LogP contribution >= 0.6 is 11.3 Å². The maximum absolute atomic E-state index is 12.5. The van der Waals surface area contributed by atoms with Crippen molar-refractivity contribution in [2.24, 2.45) is 5.92 Å². The smallest absolute Gasteiger partial charge is 0.278 e. The first-order valence-corrected chi connectivity index (χ1v) is 9.82. The van der Waals surface area contributed by atoms with Crippen LogP contribution in [0.15, 0.2) is 5.38 Å². The first-order valence-electron chi connectivity index (χ1n) is 8.94. The van der Waals surface area contributed by atoms with Crippen molar-refractivity contribution >= 4 is 22.4 Å². The quantitative estimate of drug-likeness (QED) is 0.776. The van der Waals surface area contributed by atoms with Gasteiger partial charge in [-0.25, -0.2) is 4.98 Å². The van der Waals surface area contributed by atoms with E-state index in [9.17, 15) is 4.79 Å². The number of nitrogens with one attached hydrogen (secondary N) is 3. The topological polar surface area (TPSA) is 85.9 Å². The van der Waals surface area contributed by atoms with Crippen LogP contribution in [0.4, 0.5) is 5.13 Å². The number of nitrogens with zero attached hydrogens (tertiary/aromatic N) is 3. The molecule has 1 saturated heterocycles. The molecule has 0 aliphatic carbocycles. The molecule has 1 amide bonds. The zero-order chi connectivity index (χ0) is 17.2. The van der Waals surface area contributed by atoms with E-state index in [1.807, 2.05) is 5.38 Å². The fourth-order valence-corrected chi connectivity index (χ4v) is 4.36. The molecule has 2 aliphatic rings. The number of aromatic amines is 1. The zero-order valence-electron chi connectivity index (χ0n) is 14.5. The summed E-state index contributed by atoms with van der Waals surface area (Å²) in [7, 11) is 0. The Bertz CT molecular complexity index is 754. The van der Waals surface area contributed by atoms with Crippen molar-refractivity contribution in [1.82, 2.24) is 25.4 Å². The van der Waals surface area contributed by atoms with Crippen molar-refractivity contribution in [3.05, 3.63) is 28.0 Å². The molecule has 1 unspecified atom stereocenters. The number of hydrogen-bond donors (Lipinski definition) is 3. The standard InChI is InChI=1S/C17H24N6OS/c1-11-3-2-6-23(8-11)9-12-10-25-17(19-12)20-16(24)15-13-7-18-5-4-14(13)21-22-15/h10-11,18H,2-9H2,1H3,(H,21,22)(H,19,20,24). The van der Waals surface area contributed by atoms with E-state index in [2.05, 4.69) is 37.6 Å². The van der Waals surface area contributed by atoms with E-state index in [0.717, 1.165) is 55.5 Å². The Balaban J connectivity index is 1.39. The van der Waals surface area contributed by atoms with Crippen LogP contribution in [0.2, 0.25) is 0 Å². The molecule has 0 spiro atoms. The summed E-state index contributed by atoms with van der Waals surface area (Å²) in [5.41, 5.74) is 3.54. The average molecular weight is 360 g/mol.